The molecule has 0 spiro atoms. The molecule has 0 saturated carbocycles. The molecule has 0 bridgehead atoms. The first-order valence-corrected chi connectivity index (χ1v) is 9.62. The van der Waals surface area contributed by atoms with E-state index in [2.05, 4.69) is 24.1 Å². The highest BCUT2D eigenvalue weighted by atomic mass is 16.5. The van der Waals surface area contributed by atoms with E-state index >= 15 is 0 Å². The summed E-state index contributed by atoms with van der Waals surface area (Å²) in [7, 11) is 0. The molecule has 6 nitrogen and oxygen atoms in total. The first-order valence-electron chi connectivity index (χ1n) is 9.62. The number of carbonyl (C=O) groups excluding carboxylic acids is 2. The number of carbonyl (C=O) groups is 2. The first kappa shape index (κ1) is 21.3. The van der Waals surface area contributed by atoms with Crippen LogP contribution in [0.5, 0.6) is 5.75 Å². The van der Waals surface area contributed by atoms with Crippen LogP contribution >= 0.6 is 0 Å². The fraction of sp³-hybridized carbons (Fsp3) is 0.364. The predicted octanol–water partition coefficient (Wildman–Crippen LogP) is 3.08. The largest absolute Gasteiger partial charge is 0.484 e. The molecule has 0 saturated heterocycles. The van der Waals surface area contributed by atoms with Gasteiger partial charge in [-0.05, 0) is 50.2 Å². The van der Waals surface area contributed by atoms with Crippen molar-refractivity contribution in [1.29, 1.82) is 0 Å². The molecule has 150 valence electrons. The van der Waals surface area contributed by atoms with E-state index in [-0.39, 0.29) is 18.4 Å². The van der Waals surface area contributed by atoms with Crippen LogP contribution in [-0.4, -0.2) is 44.6 Å². The van der Waals surface area contributed by atoms with E-state index in [1.165, 1.54) is 6.92 Å². The van der Waals surface area contributed by atoms with Gasteiger partial charge in [0.05, 0.1) is 0 Å². The van der Waals surface area contributed by atoms with Gasteiger partial charge in [-0.15, -0.1) is 0 Å². The fourth-order valence-corrected chi connectivity index (χ4v) is 2.92. The van der Waals surface area contributed by atoms with Crippen molar-refractivity contribution in [1.82, 2.24) is 5.32 Å². The first-order chi connectivity index (χ1) is 13.5. The van der Waals surface area contributed by atoms with E-state index in [0.717, 1.165) is 24.5 Å². The Kier molecular flexibility index (Phi) is 8.34. The summed E-state index contributed by atoms with van der Waals surface area (Å²) in [6.45, 7) is 8.33. The summed E-state index contributed by atoms with van der Waals surface area (Å²) in [5.41, 5.74) is 1.95. The molecule has 28 heavy (non-hydrogen) atoms. The van der Waals surface area contributed by atoms with Crippen LogP contribution in [-0.2, 0) is 9.59 Å². The fourth-order valence-electron chi connectivity index (χ4n) is 2.92. The third-order valence-electron chi connectivity index (χ3n) is 4.44. The number of ether oxygens (including phenoxy) is 1. The number of para-hydroxylation sites is 1. The number of amides is 2. The van der Waals surface area contributed by atoms with Crippen LogP contribution in [0.15, 0.2) is 54.6 Å². The van der Waals surface area contributed by atoms with Gasteiger partial charge in [-0.2, -0.15) is 0 Å². The van der Waals surface area contributed by atoms with E-state index in [0.29, 0.717) is 18.8 Å². The number of hydrogen-bond donors (Lipinski definition) is 1. The maximum Gasteiger partial charge on any atom is 0.258 e. The molecule has 2 rings (SSSR count). The maximum atomic E-state index is 12.0. The molecule has 0 aliphatic carbocycles. The minimum absolute atomic E-state index is 0.0529. The zero-order chi connectivity index (χ0) is 20.4. The van der Waals surface area contributed by atoms with Crippen molar-refractivity contribution in [2.75, 3.05) is 42.6 Å². The topological polar surface area (TPSA) is 61.9 Å². The van der Waals surface area contributed by atoms with Crippen molar-refractivity contribution >= 4 is 23.2 Å². The highest BCUT2D eigenvalue weighted by Crippen LogP contribution is 2.20. The van der Waals surface area contributed by atoms with Crippen LogP contribution in [0.2, 0.25) is 0 Å². The van der Waals surface area contributed by atoms with Gasteiger partial charge >= 0.3 is 0 Å². The van der Waals surface area contributed by atoms with Gasteiger partial charge in [-0.3, -0.25) is 9.59 Å². The van der Waals surface area contributed by atoms with Gasteiger partial charge in [0.15, 0.2) is 6.61 Å². The average Bonchev–Trinajstić information content (AvgIpc) is 2.72. The van der Waals surface area contributed by atoms with Crippen LogP contribution in [0.25, 0.3) is 0 Å². The number of nitrogens with zero attached hydrogens (tertiary/aromatic N) is 2. The second kappa shape index (κ2) is 11.0. The lowest BCUT2D eigenvalue weighted by molar-refractivity contribution is -0.123. The van der Waals surface area contributed by atoms with Crippen LogP contribution in [0.1, 0.15) is 20.8 Å². The molecule has 2 amide bonds. The lowest BCUT2D eigenvalue weighted by Crippen LogP contribution is -2.39. The van der Waals surface area contributed by atoms with E-state index in [1.807, 2.05) is 42.5 Å². The zero-order valence-corrected chi connectivity index (χ0v) is 16.9. The van der Waals surface area contributed by atoms with Crippen molar-refractivity contribution in [2.24, 2.45) is 0 Å². The molecule has 0 radical (unpaired) electrons. The molecule has 0 fully saturated rings. The Morgan fingerprint density at radius 3 is 2.11 bits per heavy atom. The number of rotatable bonds is 10. The van der Waals surface area contributed by atoms with Crippen molar-refractivity contribution in [3.63, 3.8) is 0 Å². The smallest absolute Gasteiger partial charge is 0.258 e. The minimum Gasteiger partial charge on any atom is -0.484 e. The lowest BCUT2D eigenvalue weighted by Gasteiger charge is -2.24. The van der Waals surface area contributed by atoms with Gasteiger partial charge < -0.3 is 19.9 Å². The summed E-state index contributed by atoms with van der Waals surface area (Å²) >= 11 is 0. The van der Waals surface area contributed by atoms with Crippen molar-refractivity contribution in [3.05, 3.63) is 54.6 Å². The zero-order valence-electron chi connectivity index (χ0n) is 16.9. The molecule has 6 heteroatoms. The average molecular weight is 383 g/mol. The van der Waals surface area contributed by atoms with Crippen molar-refractivity contribution in [3.8, 4) is 5.75 Å². The molecule has 0 heterocycles. The molecular weight excluding hydrogens is 354 g/mol. The number of anilines is 2. The summed E-state index contributed by atoms with van der Waals surface area (Å²) in [4.78, 5) is 27.9. The monoisotopic (exact) mass is 383 g/mol. The molecule has 2 aromatic rings. The van der Waals surface area contributed by atoms with Gasteiger partial charge in [-0.25, -0.2) is 0 Å². The molecule has 0 unspecified atom stereocenters. The summed E-state index contributed by atoms with van der Waals surface area (Å²) in [6.07, 6.45) is 0. The molecule has 0 aromatic heterocycles. The maximum absolute atomic E-state index is 12.0. The van der Waals surface area contributed by atoms with Crippen LogP contribution in [0.3, 0.4) is 0 Å². The predicted molar refractivity (Wildman–Crippen MR) is 113 cm³/mol. The summed E-state index contributed by atoms with van der Waals surface area (Å²) in [5, 5.41) is 2.79. The molecule has 1 N–H and O–H groups in total. The van der Waals surface area contributed by atoms with Crippen molar-refractivity contribution < 1.29 is 14.3 Å². The Morgan fingerprint density at radius 1 is 0.929 bits per heavy atom. The van der Waals surface area contributed by atoms with Gasteiger partial charge in [0.2, 0.25) is 5.91 Å². The Balaban J connectivity index is 1.85. The summed E-state index contributed by atoms with van der Waals surface area (Å²) in [6, 6.07) is 17.1. The number of nitrogens with one attached hydrogen (secondary N) is 1. The van der Waals surface area contributed by atoms with Gasteiger partial charge in [0.1, 0.15) is 5.75 Å². The highest BCUT2D eigenvalue weighted by Gasteiger charge is 2.13. The molecule has 0 atom stereocenters. The minimum atomic E-state index is -0.218. The van der Waals surface area contributed by atoms with Gasteiger partial charge in [-0.1, -0.05) is 18.2 Å². The van der Waals surface area contributed by atoms with E-state index in [9.17, 15) is 9.59 Å². The number of benzene rings is 2. The normalized spacial score (nSPS) is 10.2. The third-order valence-corrected chi connectivity index (χ3v) is 4.44. The van der Waals surface area contributed by atoms with Crippen LogP contribution in [0.4, 0.5) is 11.4 Å². The lowest BCUT2D eigenvalue weighted by atomic mass is 10.2. The summed E-state index contributed by atoms with van der Waals surface area (Å²) in [5.74, 6) is 0.367. The van der Waals surface area contributed by atoms with Crippen molar-refractivity contribution in [2.45, 2.75) is 20.8 Å². The third kappa shape index (κ3) is 6.30. The summed E-state index contributed by atoms with van der Waals surface area (Å²) < 4.78 is 5.42. The van der Waals surface area contributed by atoms with Gasteiger partial charge in [0.25, 0.3) is 5.91 Å². The Hall–Kier alpha value is -3.02. The van der Waals surface area contributed by atoms with Crippen LogP contribution < -0.4 is 19.9 Å². The molecule has 0 aliphatic heterocycles. The number of hydrogen-bond acceptors (Lipinski definition) is 4. The standard InChI is InChI=1S/C22H29N3O3/c1-4-24(5-2)19-11-13-20(14-12-19)25(18(3)26)16-15-23-22(27)17-28-21-9-7-6-8-10-21/h6-14H,4-5,15-17H2,1-3H3,(H,23,27). The Morgan fingerprint density at radius 2 is 1.54 bits per heavy atom. The van der Waals surface area contributed by atoms with E-state index in [1.54, 1.807) is 17.0 Å². The second-order valence-electron chi connectivity index (χ2n) is 6.31. The quantitative estimate of drug-likeness (QED) is 0.685. The van der Waals surface area contributed by atoms with E-state index in [4.69, 9.17) is 4.74 Å². The van der Waals surface area contributed by atoms with Crippen LogP contribution in [0, 0.1) is 0 Å². The Bertz CT molecular complexity index is 743. The van der Waals surface area contributed by atoms with E-state index < -0.39 is 0 Å². The second-order valence-corrected chi connectivity index (χ2v) is 6.31. The molecule has 2 aromatic carbocycles. The highest BCUT2D eigenvalue weighted by molar-refractivity contribution is 5.91. The molecular formula is C22H29N3O3. The molecule has 0 aliphatic rings. The Labute approximate surface area is 167 Å². The SMILES string of the molecule is CCN(CC)c1ccc(N(CCNC(=O)COc2ccccc2)C(C)=O)cc1. The van der Waals surface area contributed by atoms with Gasteiger partial charge in [0, 0.05) is 44.5 Å².